The second kappa shape index (κ2) is 16.4. The summed E-state index contributed by atoms with van der Waals surface area (Å²) in [5, 5.41) is 20.2. The van der Waals surface area contributed by atoms with E-state index in [1.54, 1.807) is 0 Å². The lowest BCUT2D eigenvalue weighted by Gasteiger charge is -2.38. The standard InChI is InChI=1S/C40H60O2/c1-29(17-13-19-31(3)21-23-37-33(5)25-35(41)27-39(37,7)8)15-11-12-16-30(2)18-14-20-32(4)22-24-38-34(6)26-36(42)28-40(38,9)10/h11-13,15-17,20-25,31,35-37,41-42H,14,18-19,26-28H2,1-10H3/b12-11+,17-13+,23-21+,24-22+,29-15+,30-16+,32-20+/t31-,35+,36+,37+/m1/s1. The Morgan fingerprint density at radius 1 is 0.976 bits per heavy atom. The van der Waals surface area contributed by atoms with Gasteiger partial charge in [-0.3, -0.25) is 0 Å². The molecule has 0 heterocycles. The van der Waals surface area contributed by atoms with Crippen LogP contribution in [0.1, 0.15) is 108 Å². The lowest BCUT2D eigenvalue weighted by atomic mass is 9.67. The van der Waals surface area contributed by atoms with Crippen LogP contribution in [-0.4, -0.2) is 22.4 Å². The maximum absolute atomic E-state index is 10.1. The molecule has 0 saturated heterocycles. The molecule has 0 aromatic heterocycles. The average Bonchev–Trinajstić information content (AvgIpc) is 2.84. The van der Waals surface area contributed by atoms with Crippen molar-refractivity contribution in [3.05, 3.63) is 106 Å². The summed E-state index contributed by atoms with van der Waals surface area (Å²) >= 11 is 0. The van der Waals surface area contributed by atoms with E-state index in [1.807, 2.05) is 6.08 Å². The average molecular weight is 573 g/mol. The molecule has 0 radical (unpaired) electrons. The Bertz CT molecular complexity index is 1170. The zero-order valence-electron chi connectivity index (χ0n) is 28.4. The zero-order chi connectivity index (χ0) is 31.5. The van der Waals surface area contributed by atoms with Gasteiger partial charge < -0.3 is 10.2 Å². The Labute approximate surface area is 258 Å². The van der Waals surface area contributed by atoms with Gasteiger partial charge in [0.05, 0.1) is 12.2 Å². The Kier molecular flexibility index (Phi) is 14.0. The summed E-state index contributed by atoms with van der Waals surface area (Å²) in [6.07, 6.45) is 31.7. The van der Waals surface area contributed by atoms with Crippen LogP contribution in [0.25, 0.3) is 0 Å². The third-order valence-electron chi connectivity index (χ3n) is 8.89. The van der Waals surface area contributed by atoms with Crippen molar-refractivity contribution in [2.45, 2.75) is 120 Å². The highest BCUT2D eigenvalue weighted by atomic mass is 16.3. The summed E-state index contributed by atoms with van der Waals surface area (Å²) in [5.41, 5.74) is 8.00. The van der Waals surface area contributed by atoms with Crippen LogP contribution in [0, 0.1) is 22.7 Å². The predicted octanol–water partition coefficient (Wildman–Crippen LogP) is 10.7. The van der Waals surface area contributed by atoms with Crippen LogP contribution >= 0.6 is 0 Å². The molecule has 0 aromatic carbocycles. The SMILES string of the molecule is CC1=C[C@H](O)CC(C)(C)[C@H]1/C=C/[C@H](C)C/C=C/C(C)=C/C=C/C=C(\C)CC/C=C(C)/C=C/C1=C(C)C[C@H](O)CC1(C)C. The van der Waals surface area contributed by atoms with Gasteiger partial charge in [0.25, 0.3) is 0 Å². The van der Waals surface area contributed by atoms with Crippen molar-refractivity contribution < 1.29 is 10.2 Å². The van der Waals surface area contributed by atoms with Crippen molar-refractivity contribution in [3.8, 4) is 0 Å². The number of hydrogen-bond donors (Lipinski definition) is 2. The van der Waals surface area contributed by atoms with Crippen LogP contribution in [0.15, 0.2) is 106 Å². The van der Waals surface area contributed by atoms with Gasteiger partial charge in [-0.05, 0) is 95.5 Å². The van der Waals surface area contributed by atoms with E-state index in [1.165, 1.54) is 33.4 Å². The quantitative estimate of drug-likeness (QED) is 0.180. The van der Waals surface area contributed by atoms with Crippen LogP contribution < -0.4 is 0 Å². The summed E-state index contributed by atoms with van der Waals surface area (Å²) < 4.78 is 0. The summed E-state index contributed by atoms with van der Waals surface area (Å²) in [7, 11) is 0. The third kappa shape index (κ3) is 12.1. The minimum absolute atomic E-state index is 0.0261. The first-order valence-corrected chi connectivity index (χ1v) is 16.1. The second-order valence-electron chi connectivity index (χ2n) is 14.4. The fraction of sp³-hybridized carbons (Fsp3) is 0.550. The van der Waals surface area contributed by atoms with Gasteiger partial charge >= 0.3 is 0 Å². The predicted molar refractivity (Wildman–Crippen MR) is 184 cm³/mol. The number of allylic oxidation sites excluding steroid dienone is 16. The molecule has 2 aliphatic rings. The van der Waals surface area contributed by atoms with Crippen LogP contribution in [0.2, 0.25) is 0 Å². The number of aliphatic hydroxyl groups excluding tert-OH is 2. The van der Waals surface area contributed by atoms with Gasteiger partial charge in [0.15, 0.2) is 0 Å². The lowest BCUT2D eigenvalue weighted by molar-refractivity contribution is 0.116. The molecule has 0 saturated carbocycles. The highest BCUT2D eigenvalue weighted by Gasteiger charge is 2.34. The lowest BCUT2D eigenvalue weighted by Crippen LogP contribution is -2.32. The van der Waals surface area contributed by atoms with Crippen LogP contribution in [-0.2, 0) is 0 Å². The summed E-state index contributed by atoms with van der Waals surface area (Å²) in [6, 6.07) is 0. The number of aliphatic hydroxyl groups is 2. The normalized spacial score (nSPS) is 26.7. The summed E-state index contributed by atoms with van der Waals surface area (Å²) in [4.78, 5) is 0. The molecule has 0 bridgehead atoms. The van der Waals surface area contributed by atoms with E-state index in [2.05, 4.69) is 136 Å². The zero-order valence-corrected chi connectivity index (χ0v) is 28.4. The maximum Gasteiger partial charge on any atom is 0.0729 e. The molecule has 2 nitrogen and oxygen atoms in total. The van der Waals surface area contributed by atoms with Gasteiger partial charge in [-0.2, -0.15) is 0 Å². The topological polar surface area (TPSA) is 40.5 Å². The Balaban J connectivity index is 1.79. The second-order valence-corrected chi connectivity index (χ2v) is 14.4. The van der Waals surface area contributed by atoms with E-state index < -0.39 is 0 Å². The molecule has 2 heteroatoms. The van der Waals surface area contributed by atoms with E-state index in [9.17, 15) is 10.2 Å². The van der Waals surface area contributed by atoms with Crippen molar-refractivity contribution in [2.24, 2.45) is 22.7 Å². The minimum atomic E-state index is -0.313. The molecular formula is C40H60O2. The van der Waals surface area contributed by atoms with Crippen molar-refractivity contribution in [1.82, 2.24) is 0 Å². The Hall–Kier alpha value is -2.42. The molecule has 4 atom stereocenters. The molecule has 2 aliphatic carbocycles. The monoisotopic (exact) mass is 572 g/mol. The van der Waals surface area contributed by atoms with Crippen LogP contribution in [0.4, 0.5) is 0 Å². The first-order valence-electron chi connectivity index (χ1n) is 16.1. The van der Waals surface area contributed by atoms with Gasteiger partial charge in [0.1, 0.15) is 0 Å². The van der Waals surface area contributed by atoms with E-state index in [-0.39, 0.29) is 23.0 Å². The molecule has 0 fully saturated rings. The Morgan fingerprint density at radius 2 is 1.67 bits per heavy atom. The molecule has 0 aromatic rings. The maximum atomic E-state index is 10.1. The third-order valence-corrected chi connectivity index (χ3v) is 8.89. The first-order chi connectivity index (χ1) is 19.6. The van der Waals surface area contributed by atoms with Crippen molar-refractivity contribution in [2.75, 3.05) is 0 Å². The molecule has 0 amide bonds. The molecule has 2 N–H and O–H groups in total. The molecule has 0 aliphatic heterocycles. The smallest absolute Gasteiger partial charge is 0.0729 e. The van der Waals surface area contributed by atoms with Crippen molar-refractivity contribution in [3.63, 3.8) is 0 Å². The van der Waals surface area contributed by atoms with Crippen molar-refractivity contribution >= 4 is 0 Å². The molecule has 42 heavy (non-hydrogen) atoms. The van der Waals surface area contributed by atoms with Crippen molar-refractivity contribution in [1.29, 1.82) is 0 Å². The van der Waals surface area contributed by atoms with Gasteiger partial charge in [-0.15, -0.1) is 0 Å². The molecule has 2 rings (SSSR count). The van der Waals surface area contributed by atoms with E-state index in [0.29, 0.717) is 11.8 Å². The first kappa shape index (κ1) is 35.8. The Morgan fingerprint density at radius 3 is 2.33 bits per heavy atom. The summed E-state index contributed by atoms with van der Waals surface area (Å²) in [5.74, 6) is 0.873. The van der Waals surface area contributed by atoms with Gasteiger partial charge in [0, 0.05) is 5.92 Å². The van der Waals surface area contributed by atoms with Gasteiger partial charge in [0.2, 0.25) is 0 Å². The fourth-order valence-electron chi connectivity index (χ4n) is 6.57. The number of hydrogen-bond acceptors (Lipinski definition) is 2. The minimum Gasteiger partial charge on any atom is -0.393 e. The molecular weight excluding hydrogens is 512 g/mol. The highest BCUT2D eigenvalue weighted by molar-refractivity contribution is 5.36. The van der Waals surface area contributed by atoms with E-state index in [0.717, 1.165) is 38.5 Å². The van der Waals surface area contributed by atoms with Crippen LogP contribution in [0.3, 0.4) is 0 Å². The van der Waals surface area contributed by atoms with E-state index in [4.69, 9.17) is 0 Å². The van der Waals surface area contributed by atoms with Crippen LogP contribution in [0.5, 0.6) is 0 Å². The molecule has 0 unspecified atom stereocenters. The molecule has 0 spiro atoms. The summed E-state index contributed by atoms with van der Waals surface area (Å²) in [6.45, 7) is 22.1. The molecule has 232 valence electrons. The number of rotatable bonds is 12. The van der Waals surface area contributed by atoms with Gasteiger partial charge in [-0.1, -0.05) is 135 Å². The van der Waals surface area contributed by atoms with Gasteiger partial charge in [-0.25, -0.2) is 0 Å². The largest absolute Gasteiger partial charge is 0.393 e. The van der Waals surface area contributed by atoms with E-state index >= 15 is 0 Å². The fourth-order valence-corrected chi connectivity index (χ4v) is 6.57. The highest BCUT2D eigenvalue weighted by Crippen LogP contribution is 2.42.